The summed E-state index contributed by atoms with van der Waals surface area (Å²) < 4.78 is 27.2. The Morgan fingerprint density at radius 3 is 2.32 bits per heavy atom. The minimum absolute atomic E-state index is 0.0337. The van der Waals surface area contributed by atoms with Crippen LogP contribution in [0.15, 0.2) is 18.2 Å². The second-order valence-corrected chi connectivity index (χ2v) is 6.12. The van der Waals surface area contributed by atoms with E-state index in [0.29, 0.717) is 5.56 Å². The van der Waals surface area contributed by atoms with E-state index in [2.05, 4.69) is 27.7 Å². The highest BCUT2D eigenvalue weighted by Crippen LogP contribution is 2.30. The molecule has 0 heterocycles. The molecule has 108 valence electrons. The SMILES string of the molecule is CC(N(C)C(CN)c1cc(F)ccc1F)C(C)(C)C. The topological polar surface area (TPSA) is 29.3 Å². The maximum atomic E-state index is 13.9. The number of likely N-dealkylation sites (N-methyl/N-ethyl adjacent to an activating group) is 1. The van der Waals surface area contributed by atoms with Crippen LogP contribution in [0.4, 0.5) is 8.78 Å². The first-order chi connectivity index (χ1) is 8.68. The first-order valence-corrected chi connectivity index (χ1v) is 6.55. The van der Waals surface area contributed by atoms with Crippen LogP contribution in [-0.2, 0) is 0 Å². The van der Waals surface area contributed by atoms with Crippen molar-refractivity contribution in [3.63, 3.8) is 0 Å². The van der Waals surface area contributed by atoms with Gasteiger partial charge in [0.15, 0.2) is 0 Å². The Bertz CT molecular complexity index is 427. The molecular formula is C15H24F2N2. The first kappa shape index (κ1) is 16.1. The molecule has 0 amide bonds. The van der Waals surface area contributed by atoms with Gasteiger partial charge in [0.05, 0.1) is 0 Å². The van der Waals surface area contributed by atoms with Crippen LogP contribution in [0.25, 0.3) is 0 Å². The summed E-state index contributed by atoms with van der Waals surface area (Å²) in [4.78, 5) is 2.01. The quantitative estimate of drug-likeness (QED) is 0.909. The van der Waals surface area contributed by atoms with Crippen LogP contribution in [0.5, 0.6) is 0 Å². The number of benzene rings is 1. The molecule has 2 unspecified atom stereocenters. The number of nitrogens with zero attached hydrogens (tertiary/aromatic N) is 1. The summed E-state index contributed by atoms with van der Waals surface area (Å²) >= 11 is 0. The Morgan fingerprint density at radius 1 is 1.26 bits per heavy atom. The molecule has 1 rings (SSSR count). The van der Waals surface area contributed by atoms with E-state index in [0.717, 1.165) is 12.1 Å². The van der Waals surface area contributed by atoms with E-state index in [1.165, 1.54) is 6.07 Å². The predicted molar refractivity (Wildman–Crippen MR) is 74.8 cm³/mol. The van der Waals surface area contributed by atoms with Crippen molar-refractivity contribution in [3.05, 3.63) is 35.4 Å². The van der Waals surface area contributed by atoms with E-state index < -0.39 is 11.6 Å². The highest BCUT2D eigenvalue weighted by Gasteiger charge is 2.30. The van der Waals surface area contributed by atoms with Gasteiger partial charge < -0.3 is 5.73 Å². The fourth-order valence-corrected chi connectivity index (χ4v) is 2.16. The Balaban J connectivity index is 3.10. The van der Waals surface area contributed by atoms with Gasteiger partial charge in [0.2, 0.25) is 0 Å². The highest BCUT2D eigenvalue weighted by atomic mass is 19.1. The molecule has 1 aromatic carbocycles. The molecule has 0 aliphatic heterocycles. The van der Waals surface area contributed by atoms with Crippen molar-refractivity contribution in [2.75, 3.05) is 13.6 Å². The summed E-state index contributed by atoms with van der Waals surface area (Å²) in [6.07, 6.45) is 0. The lowest BCUT2D eigenvalue weighted by Gasteiger charge is -2.40. The zero-order chi connectivity index (χ0) is 14.8. The van der Waals surface area contributed by atoms with E-state index in [4.69, 9.17) is 5.73 Å². The van der Waals surface area contributed by atoms with E-state index in [9.17, 15) is 8.78 Å². The summed E-state index contributed by atoms with van der Waals surface area (Å²) in [5, 5.41) is 0. The van der Waals surface area contributed by atoms with Gasteiger partial charge >= 0.3 is 0 Å². The van der Waals surface area contributed by atoms with Crippen molar-refractivity contribution < 1.29 is 8.78 Å². The predicted octanol–water partition coefficient (Wildman–Crippen LogP) is 3.33. The Labute approximate surface area is 114 Å². The molecule has 0 saturated heterocycles. The second kappa shape index (κ2) is 5.97. The zero-order valence-corrected chi connectivity index (χ0v) is 12.4. The van der Waals surface area contributed by atoms with Gasteiger partial charge in [-0.3, -0.25) is 4.90 Å². The lowest BCUT2D eigenvalue weighted by Crippen LogP contribution is -2.44. The molecule has 0 bridgehead atoms. The van der Waals surface area contributed by atoms with E-state index in [1.54, 1.807) is 0 Å². The van der Waals surface area contributed by atoms with E-state index >= 15 is 0 Å². The fraction of sp³-hybridized carbons (Fsp3) is 0.600. The fourth-order valence-electron chi connectivity index (χ4n) is 2.16. The molecule has 1 aromatic rings. The molecule has 2 N–H and O–H groups in total. The Morgan fingerprint density at radius 2 is 1.84 bits per heavy atom. The molecule has 0 radical (unpaired) electrons. The molecule has 0 aromatic heterocycles. The van der Waals surface area contributed by atoms with Gasteiger partial charge in [-0.25, -0.2) is 8.78 Å². The zero-order valence-electron chi connectivity index (χ0n) is 12.4. The largest absolute Gasteiger partial charge is 0.329 e. The lowest BCUT2D eigenvalue weighted by molar-refractivity contribution is 0.0983. The molecule has 19 heavy (non-hydrogen) atoms. The van der Waals surface area contributed by atoms with Gasteiger partial charge in [0.1, 0.15) is 11.6 Å². The van der Waals surface area contributed by atoms with Gasteiger partial charge in [0.25, 0.3) is 0 Å². The van der Waals surface area contributed by atoms with Gasteiger partial charge in [0, 0.05) is 24.2 Å². The third-order valence-corrected chi connectivity index (χ3v) is 3.90. The molecule has 4 heteroatoms. The summed E-state index contributed by atoms with van der Waals surface area (Å²) in [5.41, 5.74) is 6.13. The van der Waals surface area contributed by atoms with Crippen LogP contribution in [-0.4, -0.2) is 24.5 Å². The molecule has 2 nitrogen and oxygen atoms in total. The number of hydrogen-bond acceptors (Lipinski definition) is 2. The maximum absolute atomic E-state index is 13.9. The molecular weight excluding hydrogens is 246 g/mol. The number of rotatable bonds is 4. The normalized spacial score (nSPS) is 15.6. The Hall–Kier alpha value is -1.00. The molecule has 0 aliphatic rings. The summed E-state index contributed by atoms with van der Waals surface area (Å²) in [6, 6.07) is 3.37. The van der Waals surface area contributed by atoms with Gasteiger partial charge in [-0.05, 0) is 37.6 Å². The van der Waals surface area contributed by atoms with Crippen molar-refractivity contribution in [2.45, 2.75) is 39.8 Å². The van der Waals surface area contributed by atoms with Gasteiger partial charge in [-0.15, -0.1) is 0 Å². The molecule has 0 saturated carbocycles. The van der Waals surface area contributed by atoms with Crippen LogP contribution in [0.2, 0.25) is 0 Å². The monoisotopic (exact) mass is 270 g/mol. The maximum Gasteiger partial charge on any atom is 0.128 e. The number of hydrogen-bond donors (Lipinski definition) is 1. The van der Waals surface area contributed by atoms with Crippen molar-refractivity contribution in [1.82, 2.24) is 4.90 Å². The molecule has 2 atom stereocenters. The molecule has 0 aliphatic carbocycles. The second-order valence-electron chi connectivity index (χ2n) is 6.12. The highest BCUT2D eigenvalue weighted by molar-refractivity contribution is 5.23. The Kier molecular flexibility index (Phi) is 5.04. The third kappa shape index (κ3) is 3.74. The van der Waals surface area contributed by atoms with Crippen LogP contribution < -0.4 is 5.73 Å². The van der Waals surface area contributed by atoms with Crippen molar-refractivity contribution >= 4 is 0 Å². The first-order valence-electron chi connectivity index (χ1n) is 6.55. The van der Waals surface area contributed by atoms with Crippen LogP contribution >= 0.6 is 0 Å². The average Bonchev–Trinajstić information content (AvgIpc) is 2.32. The molecule has 0 spiro atoms. The lowest BCUT2D eigenvalue weighted by atomic mass is 9.86. The van der Waals surface area contributed by atoms with Crippen molar-refractivity contribution in [3.8, 4) is 0 Å². The van der Waals surface area contributed by atoms with E-state index in [1.807, 2.05) is 11.9 Å². The van der Waals surface area contributed by atoms with Crippen LogP contribution in [0.1, 0.15) is 39.3 Å². The number of halogens is 2. The number of nitrogens with two attached hydrogens (primary N) is 1. The van der Waals surface area contributed by atoms with Crippen LogP contribution in [0, 0.1) is 17.0 Å². The smallest absolute Gasteiger partial charge is 0.128 e. The van der Waals surface area contributed by atoms with Gasteiger partial charge in [-0.1, -0.05) is 20.8 Å². The summed E-state index contributed by atoms with van der Waals surface area (Å²) in [5.74, 6) is -0.850. The third-order valence-electron chi connectivity index (χ3n) is 3.90. The molecule has 0 fully saturated rings. The van der Waals surface area contributed by atoms with Gasteiger partial charge in [-0.2, -0.15) is 0 Å². The van der Waals surface area contributed by atoms with E-state index in [-0.39, 0.29) is 24.0 Å². The van der Waals surface area contributed by atoms with Crippen molar-refractivity contribution in [1.29, 1.82) is 0 Å². The van der Waals surface area contributed by atoms with Crippen LogP contribution in [0.3, 0.4) is 0 Å². The summed E-state index contributed by atoms with van der Waals surface area (Å²) in [7, 11) is 1.90. The average molecular weight is 270 g/mol. The minimum atomic E-state index is -0.438. The summed E-state index contributed by atoms with van der Waals surface area (Å²) in [6.45, 7) is 8.66. The standard InChI is InChI=1S/C15H24F2N2/c1-10(15(2,3)4)19(5)14(9-18)12-8-11(16)6-7-13(12)17/h6-8,10,14H,9,18H2,1-5H3. The minimum Gasteiger partial charge on any atom is -0.329 e. The van der Waals surface area contributed by atoms with Crippen molar-refractivity contribution in [2.24, 2.45) is 11.1 Å².